The van der Waals surface area contributed by atoms with Crippen LogP contribution in [0.25, 0.3) is 11.6 Å². The van der Waals surface area contributed by atoms with Gasteiger partial charge in [0.25, 0.3) is 0 Å². The molecule has 0 radical (unpaired) electrons. The molecule has 1 aliphatic rings. The molecule has 0 saturated heterocycles. The first-order chi connectivity index (χ1) is 15.4. The molecule has 0 aromatic carbocycles. The molecule has 0 atom stereocenters. The third-order valence-electron chi connectivity index (χ3n) is 6.57. The molecule has 0 unspecified atom stereocenters. The zero-order valence-corrected chi connectivity index (χ0v) is 20.5. The molecule has 5 heteroatoms. The quantitative estimate of drug-likeness (QED) is 0.270. The van der Waals surface area contributed by atoms with Crippen molar-refractivity contribution in [3.63, 3.8) is 0 Å². The fraction of sp³-hybridized carbons (Fsp3) is 0.769. The van der Waals surface area contributed by atoms with Crippen LogP contribution < -0.4 is 0 Å². The van der Waals surface area contributed by atoms with Crippen molar-refractivity contribution in [2.24, 2.45) is 0 Å². The Morgan fingerprint density at radius 1 is 0.871 bits per heavy atom. The monoisotopic (exact) mass is 445 g/mol. The van der Waals surface area contributed by atoms with E-state index in [4.69, 9.17) is 4.42 Å². The van der Waals surface area contributed by atoms with E-state index in [0.29, 0.717) is 6.04 Å². The van der Waals surface area contributed by atoms with E-state index in [1.807, 2.05) is 23.9 Å². The maximum absolute atomic E-state index is 5.75. The molecule has 174 valence electrons. The summed E-state index contributed by atoms with van der Waals surface area (Å²) in [6.45, 7) is 2.28. The van der Waals surface area contributed by atoms with Crippen molar-refractivity contribution in [3.8, 4) is 11.6 Å². The van der Waals surface area contributed by atoms with Crippen LogP contribution in [0.3, 0.4) is 0 Å². The van der Waals surface area contributed by atoms with Crippen LogP contribution in [0.2, 0.25) is 0 Å². The van der Waals surface area contributed by atoms with Gasteiger partial charge in [0.1, 0.15) is 0 Å². The summed E-state index contributed by atoms with van der Waals surface area (Å²) in [5.41, 5.74) is 0. The molecule has 1 saturated carbocycles. The second kappa shape index (κ2) is 14.8. The van der Waals surface area contributed by atoms with E-state index in [2.05, 4.69) is 21.7 Å². The number of thioether (sulfide) groups is 1. The van der Waals surface area contributed by atoms with E-state index < -0.39 is 0 Å². The van der Waals surface area contributed by atoms with Gasteiger partial charge in [-0.15, -0.1) is 10.2 Å². The number of hydrogen-bond acceptors (Lipinski definition) is 4. The van der Waals surface area contributed by atoms with Crippen molar-refractivity contribution in [2.75, 3.05) is 5.75 Å². The summed E-state index contributed by atoms with van der Waals surface area (Å²) in [6, 6.07) is 4.47. The van der Waals surface area contributed by atoms with Gasteiger partial charge in [-0.05, 0) is 31.4 Å². The number of rotatable bonds is 10. The summed E-state index contributed by atoms with van der Waals surface area (Å²) < 4.78 is 8.19. The summed E-state index contributed by atoms with van der Waals surface area (Å²) in [5, 5.41) is 10.3. The largest absolute Gasteiger partial charge is 0.461 e. The molecule has 2 heterocycles. The number of furan rings is 1. The van der Waals surface area contributed by atoms with Gasteiger partial charge in [0.2, 0.25) is 5.82 Å². The minimum Gasteiger partial charge on any atom is -0.461 e. The first-order valence-corrected chi connectivity index (χ1v) is 14.0. The fourth-order valence-electron chi connectivity index (χ4n) is 4.72. The van der Waals surface area contributed by atoms with Gasteiger partial charge in [0.05, 0.1) is 6.26 Å². The normalized spacial score (nSPS) is 17.3. The Kier molecular flexibility index (Phi) is 11.6. The Morgan fingerprint density at radius 2 is 1.52 bits per heavy atom. The minimum absolute atomic E-state index is 0.488. The van der Waals surface area contributed by atoms with Crippen LogP contribution >= 0.6 is 11.8 Å². The van der Waals surface area contributed by atoms with Crippen LogP contribution in [0.1, 0.15) is 122 Å². The van der Waals surface area contributed by atoms with Gasteiger partial charge in [0.15, 0.2) is 10.9 Å². The zero-order chi connectivity index (χ0) is 21.6. The van der Waals surface area contributed by atoms with Gasteiger partial charge in [-0.2, -0.15) is 0 Å². The summed E-state index contributed by atoms with van der Waals surface area (Å²) in [6.07, 6.45) is 24.6. The molecule has 0 aliphatic heterocycles. The molecule has 31 heavy (non-hydrogen) atoms. The Bertz CT molecular complexity index is 686. The summed E-state index contributed by atoms with van der Waals surface area (Å²) in [4.78, 5) is 0. The van der Waals surface area contributed by atoms with Gasteiger partial charge in [-0.25, -0.2) is 0 Å². The molecular weight excluding hydrogens is 402 g/mol. The molecule has 2 aromatic rings. The molecule has 3 rings (SSSR count). The summed E-state index contributed by atoms with van der Waals surface area (Å²) in [7, 11) is 0. The lowest BCUT2D eigenvalue weighted by atomic mass is 9.97. The number of hydrogen-bond donors (Lipinski definition) is 0. The summed E-state index contributed by atoms with van der Waals surface area (Å²) in [5.74, 6) is 2.91. The van der Waals surface area contributed by atoms with E-state index in [9.17, 15) is 0 Å². The van der Waals surface area contributed by atoms with E-state index in [1.54, 1.807) is 6.26 Å². The maximum atomic E-state index is 5.75. The first kappa shape index (κ1) is 24.4. The van der Waals surface area contributed by atoms with E-state index in [0.717, 1.165) is 22.5 Å². The molecule has 1 aliphatic carbocycles. The average molecular weight is 446 g/mol. The molecule has 0 amide bonds. The molecule has 2 aromatic heterocycles. The maximum Gasteiger partial charge on any atom is 0.200 e. The van der Waals surface area contributed by atoms with Crippen LogP contribution in [-0.4, -0.2) is 20.5 Å². The SMILES string of the molecule is CCCCCCCCSc1nnc(-c2ccco2)n1C1CCCCCCCCCCC1. The van der Waals surface area contributed by atoms with Crippen molar-refractivity contribution in [3.05, 3.63) is 18.4 Å². The Hall–Kier alpha value is -1.23. The van der Waals surface area contributed by atoms with Crippen LogP contribution in [0.15, 0.2) is 28.0 Å². The lowest BCUT2D eigenvalue weighted by Gasteiger charge is -2.22. The number of unbranched alkanes of at least 4 members (excludes halogenated alkanes) is 5. The highest BCUT2D eigenvalue weighted by molar-refractivity contribution is 7.99. The van der Waals surface area contributed by atoms with Crippen LogP contribution in [0.4, 0.5) is 0 Å². The van der Waals surface area contributed by atoms with Gasteiger partial charge in [-0.3, -0.25) is 4.57 Å². The van der Waals surface area contributed by atoms with Gasteiger partial charge >= 0.3 is 0 Å². The third kappa shape index (κ3) is 8.32. The Morgan fingerprint density at radius 3 is 2.16 bits per heavy atom. The lowest BCUT2D eigenvalue weighted by Crippen LogP contribution is -2.13. The highest BCUT2D eigenvalue weighted by Gasteiger charge is 2.23. The fourth-order valence-corrected chi connectivity index (χ4v) is 5.73. The highest BCUT2D eigenvalue weighted by Crippen LogP contribution is 2.34. The molecule has 4 nitrogen and oxygen atoms in total. The van der Waals surface area contributed by atoms with Gasteiger partial charge in [0, 0.05) is 11.8 Å². The van der Waals surface area contributed by atoms with Gasteiger partial charge in [-0.1, -0.05) is 109 Å². The van der Waals surface area contributed by atoms with Crippen molar-refractivity contribution < 1.29 is 4.42 Å². The summed E-state index contributed by atoms with van der Waals surface area (Å²) >= 11 is 1.90. The number of nitrogens with zero attached hydrogens (tertiary/aromatic N) is 3. The number of aromatic nitrogens is 3. The highest BCUT2D eigenvalue weighted by atomic mass is 32.2. The smallest absolute Gasteiger partial charge is 0.200 e. The van der Waals surface area contributed by atoms with Crippen molar-refractivity contribution >= 4 is 11.8 Å². The van der Waals surface area contributed by atoms with Crippen molar-refractivity contribution in [1.82, 2.24) is 14.8 Å². The minimum atomic E-state index is 0.488. The second-order valence-corrected chi connectivity index (χ2v) is 10.2. The topological polar surface area (TPSA) is 43.9 Å². The Labute approximate surface area is 194 Å². The van der Waals surface area contributed by atoms with Crippen LogP contribution in [0, 0.1) is 0 Å². The van der Waals surface area contributed by atoms with Crippen molar-refractivity contribution in [1.29, 1.82) is 0 Å². The molecular formula is C26H43N3OS. The predicted molar refractivity (Wildman–Crippen MR) is 132 cm³/mol. The van der Waals surface area contributed by atoms with E-state index in [1.165, 1.54) is 109 Å². The van der Waals surface area contributed by atoms with Gasteiger partial charge < -0.3 is 4.42 Å². The Balaban J connectivity index is 1.67. The average Bonchev–Trinajstić information content (AvgIpc) is 3.43. The molecule has 0 N–H and O–H groups in total. The molecule has 1 fully saturated rings. The van der Waals surface area contributed by atoms with Crippen LogP contribution in [-0.2, 0) is 0 Å². The van der Waals surface area contributed by atoms with E-state index in [-0.39, 0.29) is 0 Å². The molecule has 0 bridgehead atoms. The van der Waals surface area contributed by atoms with Crippen molar-refractivity contribution in [2.45, 2.75) is 127 Å². The van der Waals surface area contributed by atoms with E-state index >= 15 is 0 Å². The zero-order valence-electron chi connectivity index (χ0n) is 19.7. The lowest BCUT2D eigenvalue weighted by molar-refractivity contribution is 0.369. The first-order valence-electron chi connectivity index (χ1n) is 13.0. The molecule has 0 spiro atoms. The second-order valence-electron chi connectivity index (χ2n) is 9.18. The predicted octanol–water partition coefficient (Wildman–Crippen LogP) is 8.84. The van der Waals surface area contributed by atoms with Crippen LogP contribution in [0.5, 0.6) is 0 Å². The third-order valence-corrected chi connectivity index (χ3v) is 7.60. The standard InChI is InChI=1S/C26H43N3OS/c1-2-3-4-5-13-16-22-31-26-28-27-25(24-20-17-21-30-24)29(26)23-18-14-11-9-7-6-8-10-12-15-19-23/h17,20-21,23H,2-16,18-19,22H2,1H3.